The molecule has 0 aliphatic rings. The van der Waals surface area contributed by atoms with Crippen LogP contribution in [-0.2, 0) is 14.3 Å². The van der Waals surface area contributed by atoms with E-state index in [1.165, 1.54) is 25.7 Å². The lowest BCUT2D eigenvalue weighted by Gasteiger charge is -2.23. The van der Waals surface area contributed by atoms with Gasteiger partial charge in [-0.05, 0) is 32.1 Å². The Balaban J connectivity index is 4.39. The summed E-state index contributed by atoms with van der Waals surface area (Å²) in [5.41, 5.74) is 0. The maximum atomic E-state index is 12.4. The molecular weight excluding hydrogens is 304 g/mol. The predicted octanol–water partition coefficient (Wildman–Crippen LogP) is 5.59. The van der Waals surface area contributed by atoms with Gasteiger partial charge in [0.05, 0.1) is 18.4 Å². The van der Waals surface area contributed by atoms with Gasteiger partial charge in [-0.3, -0.25) is 9.59 Å². The molecule has 0 rings (SSSR count). The van der Waals surface area contributed by atoms with E-state index in [9.17, 15) is 9.59 Å². The predicted molar refractivity (Wildman–Crippen MR) is 98.0 cm³/mol. The van der Waals surface area contributed by atoms with Crippen LogP contribution >= 0.6 is 0 Å². The van der Waals surface area contributed by atoms with Gasteiger partial charge in [0.25, 0.3) is 0 Å². The van der Waals surface area contributed by atoms with Crippen LogP contribution in [0.15, 0.2) is 0 Å². The monoisotopic (exact) mass is 342 g/mol. The van der Waals surface area contributed by atoms with Crippen LogP contribution in [0.2, 0.25) is 0 Å². The van der Waals surface area contributed by atoms with E-state index in [0.29, 0.717) is 0 Å². The van der Waals surface area contributed by atoms with Crippen molar-refractivity contribution in [3.05, 3.63) is 0 Å². The first kappa shape index (κ1) is 22.9. The number of rotatable bonds is 15. The number of ether oxygens (including phenoxy) is 1. The number of carboxylic acid groups (broad SMARTS) is 1. The highest BCUT2D eigenvalue weighted by atomic mass is 16.5. The van der Waals surface area contributed by atoms with Crippen LogP contribution in [0, 0.1) is 11.8 Å². The van der Waals surface area contributed by atoms with Gasteiger partial charge in [-0.2, -0.15) is 0 Å². The Bertz CT molecular complexity index is 341. The number of hydrogen-bond acceptors (Lipinski definition) is 3. The lowest BCUT2D eigenvalue weighted by atomic mass is 9.86. The zero-order valence-corrected chi connectivity index (χ0v) is 16.2. The smallest absolute Gasteiger partial charge is 0.310 e. The van der Waals surface area contributed by atoms with Crippen molar-refractivity contribution < 1.29 is 19.4 Å². The SMILES string of the molecule is CCCCCCC(C)OC(=O)C(CC(=O)O)C(C)CCCCCC. The second-order valence-corrected chi connectivity index (χ2v) is 7.13. The van der Waals surface area contributed by atoms with Crippen LogP contribution < -0.4 is 0 Å². The maximum absolute atomic E-state index is 12.4. The quantitative estimate of drug-likeness (QED) is 0.311. The summed E-state index contributed by atoms with van der Waals surface area (Å²) in [4.78, 5) is 23.5. The Labute approximate surface area is 148 Å². The Morgan fingerprint density at radius 1 is 0.875 bits per heavy atom. The van der Waals surface area contributed by atoms with Crippen LogP contribution in [0.5, 0.6) is 0 Å². The summed E-state index contributed by atoms with van der Waals surface area (Å²) in [7, 11) is 0. The molecule has 0 aromatic carbocycles. The van der Waals surface area contributed by atoms with Crippen LogP contribution in [0.4, 0.5) is 0 Å². The van der Waals surface area contributed by atoms with E-state index < -0.39 is 11.9 Å². The molecule has 4 heteroatoms. The van der Waals surface area contributed by atoms with E-state index >= 15 is 0 Å². The first-order chi connectivity index (χ1) is 11.4. The van der Waals surface area contributed by atoms with Crippen molar-refractivity contribution in [2.75, 3.05) is 0 Å². The van der Waals surface area contributed by atoms with Crippen molar-refractivity contribution in [3.63, 3.8) is 0 Å². The third-order valence-electron chi connectivity index (χ3n) is 4.68. The standard InChI is InChI=1S/C20H38O4/c1-5-7-9-11-13-16(3)18(15-19(21)22)20(23)24-17(4)14-12-10-8-6-2/h16-18H,5-15H2,1-4H3,(H,21,22). The highest BCUT2D eigenvalue weighted by Crippen LogP contribution is 2.24. The fourth-order valence-corrected chi connectivity index (χ4v) is 3.00. The van der Waals surface area contributed by atoms with Gasteiger partial charge in [-0.25, -0.2) is 0 Å². The summed E-state index contributed by atoms with van der Waals surface area (Å²) in [5, 5.41) is 9.12. The van der Waals surface area contributed by atoms with Crippen LogP contribution in [0.3, 0.4) is 0 Å². The van der Waals surface area contributed by atoms with E-state index in [1.54, 1.807) is 0 Å². The molecule has 3 atom stereocenters. The highest BCUT2D eigenvalue weighted by molar-refractivity contribution is 5.79. The minimum atomic E-state index is -0.923. The molecule has 3 unspecified atom stereocenters. The zero-order chi connectivity index (χ0) is 18.4. The van der Waals surface area contributed by atoms with Gasteiger partial charge in [0, 0.05) is 0 Å². The van der Waals surface area contributed by atoms with Gasteiger partial charge in [0.2, 0.25) is 0 Å². The van der Waals surface area contributed by atoms with Crippen molar-refractivity contribution in [3.8, 4) is 0 Å². The largest absolute Gasteiger partial charge is 0.481 e. The first-order valence-corrected chi connectivity index (χ1v) is 9.84. The maximum Gasteiger partial charge on any atom is 0.310 e. The molecular formula is C20H38O4. The Kier molecular flexibility index (Phi) is 13.7. The number of carboxylic acids is 1. The van der Waals surface area contributed by atoms with Gasteiger partial charge in [-0.15, -0.1) is 0 Å². The summed E-state index contributed by atoms with van der Waals surface area (Å²) in [5.74, 6) is -1.73. The number of esters is 1. The average molecular weight is 343 g/mol. The molecule has 1 N–H and O–H groups in total. The molecule has 0 spiro atoms. The number of hydrogen-bond donors (Lipinski definition) is 1. The molecule has 142 valence electrons. The Morgan fingerprint density at radius 2 is 1.42 bits per heavy atom. The molecule has 0 radical (unpaired) electrons. The van der Waals surface area contributed by atoms with Crippen LogP contribution in [0.25, 0.3) is 0 Å². The fraction of sp³-hybridized carbons (Fsp3) is 0.900. The topological polar surface area (TPSA) is 63.6 Å². The van der Waals surface area contributed by atoms with Gasteiger partial charge in [0.15, 0.2) is 0 Å². The normalized spacial score (nSPS) is 14.8. The summed E-state index contributed by atoms with van der Waals surface area (Å²) in [6.45, 7) is 8.22. The van der Waals surface area contributed by atoms with Crippen LogP contribution in [0.1, 0.15) is 98.3 Å². The molecule has 0 saturated carbocycles. The zero-order valence-electron chi connectivity index (χ0n) is 16.2. The number of carbonyl (C=O) groups is 2. The minimum Gasteiger partial charge on any atom is -0.481 e. The van der Waals surface area contributed by atoms with E-state index in [1.807, 2.05) is 13.8 Å². The summed E-state index contributed by atoms with van der Waals surface area (Å²) in [6, 6.07) is 0. The van der Waals surface area contributed by atoms with Gasteiger partial charge >= 0.3 is 11.9 Å². The van der Waals surface area contributed by atoms with Gasteiger partial charge < -0.3 is 9.84 Å². The van der Waals surface area contributed by atoms with E-state index in [4.69, 9.17) is 9.84 Å². The molecule has 0 heterocycles. The molecule has 0 fully saturated rings. The first-order valence-electron chi connectivity index (χ1n) is 9.84. The van der Waals surface area contributed by atoms with E-state index in [0.717, 1.165) is 38.5 Å². The number of unbranched alkanes of at least 4 members (excludes halogenated alkanes) is 6. The Hall–Kier alpha value is -1.06. The average Bonchev–Trinajstić information content (AvgIpc) is 2.53. The molecule has 0 aromatic heterocycles. The third-order valence-corrected chi connectivity index (χ3v) is 4.68. The number of carbonyl (C=O) groups excluding carboxylic acids is 1. The second-order valence-electron chi connectivity index (χ2n) is 7.13. The third kappa shape index (κ3) is 11.5. The van der Waals surface area contributed by atoms with Crippen molar-refractivity contribution in [2.45, 2.75) is 104 Å². The minimum absolute atomic E-state index is 0.0535. The number of aliphatic carboxylic acids is 1. The lowest BCUT2D eigenvalue weighted by Crippen LogP contribution is -2.29. The molecule has 0 aromatic rings. The van der Waals surface area contributed by atoms with E-state index in [2.05, 4.69) is 13.8 Å². The molecule has 0 bridgehead atoms. The van der Waals surface area contributed by atoms with Crippen molar-refractivity contribution in [1.29, 1.82) is 0 Å². The Morgan fingerprint density at radius 3 is 1.92 bits per heavy atom. The van der Waals surface area contributed by atoms with E-state index in [-0.39, 0.29) is 24.4 Å². The summed E-state index contributed by atoms with van der Waals surface area (Å²) in [6.07, 6.45) is 10.6. The summed E-state index contributed by atoms with van der Waals surface area (Å²) < 4.78 is 5.54. The lowest BCUT2D eigenvalue weighted by molar-refractivity contribution is -0.159. The van der Waals surface area contributed by atoms with Crippen LogP contribution in [-0.4, -0.2) is 23.1 Å². The van der Waals surface area contributed by atoms with Gasteiger partial charge in [-0.1, -0.05) is 65.7 Å². The molecule has 0 saturated heterocycles. The second kappa shape index (κ2) is 14.3. The van der Waals surface area contributed by atoms with Crippen molar-refractivity contribution in [1.82, 2.24) is 0 Å². The van der Waals surface area contributed by atoms with Gasteiger partial charge in [0.1, 0.15) is 0 Å². The highest BCUT2D eigenvalue weighted by Gasteiger charge is 2.29. The van der Waals surface area contributed by atoms with Crippen molar-refractivity contribution in [2.24, 2.45) is 11.8 Å². The summed E-state index contributed by atoms with van der Waals surface area (Å²) >= 11 is 0. The molecule has 24 heavy (non-hydrogen) atoms. The molecule has 0 amide bonds. The van der Waals surface area contributed by atoms with Crippen molar-refractivity contribution >= 4 is 11.9 Å². The molecule has 4 nitrogen and oxygen atoms in total. The molecule has 0 aliphatic heterocycles. The molecule has 0 aliphatic carbocycles. The fourth-order valence-electron chi connectivity index (χ4n) is 3.00.